The van der Waals surface area contributed by atoms with Crippen molar-refractivity contribution in [3.05, 3.63) is 20.8 Å². The summed E-state index contributed by atoms with van der Waals surface area (Å²) in [6, 6.07) is 4.60. The van der Waals surface area contributed by atoms with E-state index in [1.807, 2.05) is 13.8 Å². The van der Waals surface area contributed by atoms with Gasteiger partial charge in [0, 0.05) is 17.5 Å². The lowest BCUT2D eigenvalue weighted by atomic mass is 9.74. The van der Waals surface area contributed by atoms with Crippen LogP contribution in [0.3, 0.4) is 0 Å². The quantitative estimate of drug-likeness (QED) is 0.866. The number of likely N-dealkylation sites (tertiary alicyclic amines) is 1. The summed E-state index contributed by atoms with van der Waals surface area (Å²) >= 11 is 5.27. The van der Waals surface area contributed by atoms with E-state index in [9.17, 15) is 9.90 Å². The molecule has 1 aliphatic heterocycles. The molecule has 0 aromatic carbocycles. The molecule has 3 nitrogen and oxygen atoms in total. The molecule has 0 amide bonds. The standard InChI is InChI=1S/C15H22BrNO2S/c1-10(12-6-7-13(16)20-12)17-8-4-5-11(9-17)15(2,3)14(18)19/h6-7,10-11H,4-5,8-9H2,1-3H3,(H,18,19). The molecule has 0 radical (unpaired) electrons. The lowest BCUT2D eigenvalue weighted by Crippen LogP contribution is -2.45. The number of hydrogen-bond donors (Lipinski definition) is 1. The van der Waals surface area contributed by atoms with Crippen molar-refractivity contribution in [1.29, 1.82) is 0 Å². The van der Waals surface area contributed by atoms with E-state index < -0.39 is 11.4 Å². The van der Waals surface area contributed by atoms with Gasteiger partial charge >= 0.3 is 5.97 Å². The Labute approximate surface area is 133 Å². The Kier molecular flexibility index (Phi) is 4.92. The van der Waals surface area contributed by atoms with Gasteiger partial charge in [-0.05, 0) is 74.1 Å². The normalized spacial score (nSPS) is 22.7. The van der Waals surface area contributed by atoms with E-state index in [1.54, 1.807) is 11.3 Å². The Bertz CT molecular complexity index is 486. The van der Waals surface area contributed by atoms with E-state index in [4.69, 9.17) is 0 Å². The first-order chi connectivity index (χ1) is 9.32. The molecule has 2 unspecified atom stereocenters. The van der Waals surface area contributed by atoms with Crippen LogP contribution in [0.1, 0.15) is 44.5 Å². The minimum absolute atomic E-state index is 0.222. The van der Waals surface area contributed by atoms with Crippen LogP contribution in [0, 0.1) is 11.3 Å². The van der Waals surface area contributed by atoms with Gasteiger partial charge < -0.3 is 5.11 Å². The van der Waals surface area contributed by atoms with Crippen molar-refractivity contribution in [2.24, 2.45) is 11.3 Å². The molecule has 0 spiro atoms. The van der Waals surface area contributed by atoms with Crippen molar-refractivity contribution >= 4 is 33.2 Å². The molecule has 20 heavy (non-hydrogen) atoms. The maximum absolute atomic E-state index is 11.4. The number of aliphatic carboxylic acids is 1. The first-order valence-electron chi connectivity index (χ1n) is 7.05. The minimum Gasteiger partial charge on any atom is -0.481 e. The van der Waals surface area contributed by atoms with Crippen molar-refractivity contribution < 1.29 is 9.90 Å². The Balaban J connectivity index is 2.09. The lowest BCUT2D eigenvalue weighted by molar-refractivity contribution is -0.151. The number of carboxylic acids is 1. The Morgan fingerprint density at radius 3 is 2.80 bits per heavy atom. The summed E-state index contributed by atoms with van der Waals surface area (Å²) in [5, 5.41) is 9.42. The van der Waals surface area contributed by atoms with Crippen molar-refractivity contribution in [1.82, 2.24) is 4.90 Å². The van der Waals surface area contributed by atoms with Crippen LogP contribution in [0.4, 0.5) is 0 Å². The van der Waals surface area contributed by atoms with Crippen LogP contribution in [0.15, 0.2) is 15.9 Å². The van der Waals surface area contributed by atoms with E-state index >= 15 is 0 Å². The molecule has 2 atom stereocenters. The SMILES string of the molecule is CC(c1ccc(Br)s1)N1CCCC(C(C)(C)C(=O)O)C1. The molecular weight excluding hydrogens is 338 g/mol. The van der Waals surface area contributed by atoms with Gasteiger partial charge in [0.05, 0.1) is 9.20 Å². The molecule has 1 aliphatic rings. The molecular formula is C15H22BrNO2S. The van der Waals surface area contributed by atoms with Gasteiger partial charge in [-0.15, -0.1) is 11.3 Å². The zero-order valence-corrected chi connectivity index (χ0v) is 14.6. The summed E-state index contributed by atoms with van der Waals surface area (Å²) in [6.07, 6.45) is 2.09. The van der Waals surface area contributed by atoms with Crippen molar-refractivity contribution in [2.75, 3.05) is 13.1 Å². The molecule has 1 N–H and O–H groups in total. The molecule has 1 fully saturated rings. The van der Waals surface area contributed by atoms with Crippen LogP contribution >= 0.6 is 27.3 Å². The van der Waals surface area contributed by atoms with Crippen molar-refractivity contribution in [3.8, 4) is 0 Å². The number of thiophene rings is 1. The predicted octanol–water partition coefficient (Wildman–Crippen LogP) is 4.39. The second-order valence-corrected chi connectivity index (χ2v) is 8.67. The summed E-state index contributed by atoms with van der Waals surface area (Å²) in [4.78, 5) is 15.2. The van der Waals surface area contributed by atoms with Crippen LogP contribution in [0.25, 0.3) is 0 Å². The van der Waals surface area contributed by atoms with Gasteiger partial charge in [0.15, 0.2) is 0 Å². The Morgan fingerprint density at radius 1 is 1.55 bits per heavy atom. The Hall–Kier alpha value is -0.390. The summed E-state index contributed by atoms with van der Waals surface area (Å²) in [6.45, 7) is 7.86. The fourth-order valence-corrected chi connectivity index (χ4v) is 4.36. The molecule has 5 heteroatoms. The van der Waals surface area contributed by atoms with E-state index in [1.165, 1.54) is 4.88 Å². The van der Waals surface area contributed by atoms with Gasteiger partial charge in [0.25, 0.3) is 0 Å². The third-order valence-electron chi connectivity index (χ3n) is 4.58. The molecule has 1 aromatic heterocycles. The molecule has 2 rings (SSSR count). The van der Waals surface area contributed by atoms with Crippen LogP contribution in [-0.4, -0.2) is 29.1 Å². The first-order valence-corrected chi connectivity index (χ1v) is 8.66. The van der Waals surface area contributed by atoms with Gasteiger partial charge in [-0.3, -0.25) is 9.69 Å². The van der Waals surface area contributed by atoms with Gasteiger partial charge in [0.1, 0.15) is 0 Å². The molecule has 0 aliphatic carbocycles. The number of carboxylic acid groups (broad SMARTS) is 1. The Morgan fingerprint density at radius 2 is 2.25 bits per heavy atom. The number of carbonyl (C=O) groups is 1. The summed E-state index contributed by atoms with van der Waals surface area (Å²) in [5.41, 5.74) is -0.644. The van der Waals surface area contributed by atoms with Gasteiger partial charge in [-0.1, -0.05) is 0 Å². The molecule has 1 aromatic rings. The van der Waals surface area contributed by atoms with E-state index in [0.717, 1.165) is 29.7 Å². The summed E-state index contributed by atoms with van der Waals surface area (Å²) < 4.78 is 1.15. The minimum atomic E-state index is -0.684. The molecule has 112 valence electrons. The zero-order valence-electron chi connectivity index (χ0n) is 12.2. The first kappa shape index (κ1) is 16.0. The van der Waals surface area contributed by atoms with Gasteiger partial charge in [0.2, 0.25) is 0 Å². The average Bonchev–Trinajstić information content (AvgIpc) is 2.84. The fourth-order valence-electron chi connectivity index (χ4n) is 2.85. The highest BCUT2D eigenvalue weighted by Crippen LogP contribution is 2.38. The molecule has 0 bridgehead atoms. The third-order valence-corrected chi connectivity index (χ3v) is 6.37. The second-order valence-electron chi connectivity index (χ2n) is 6.18. The monoisotopic (exact) mass is 359 g/mol. The van der Waals surface area contributed by atoms with Crippen LogP contribution in [0.5, 0.6) is 0 Å². The summed E-state index contributed by atoms with van der Waals surface area (Å²) in [7, 11) is 0. The van der Waals surface area contributed by atoms with Crippen molar-refractivity contribution in [3.63, 3.8) is 0 Å². The number of rotatable bonds is 4. The molecule has 1 saturated heterocycles. The highest BCUT2D eigenvalue weighted by Gasteiger charge is 2.39. The smallest absolute Gasteiger partial charge is 0.309 e. The topological polar surface area (TPSA) is 40.5 Å². The highest BCUT2D eigenvalue weighted by atomic mass is 79.9. The van der Waals surface area contributed by atoms with E-state index in [2.05, 4.69) is 39.9 Å². The predicted molar refractivity (Wildman–Crippen MR) is 86.1 cm³/mol. The van der Waals surface area contributed by atoms with Gasteiger partial charge in [-0.25, -0.2) is 0 Å². The second kappa shape index (κ2) is 6.16. The maximum atomic E-state index is 11.4. The largest absolute Gasteiger partial charge is 0.481 e. The number of halogens is 1. The fraction of sp³-hybridized carbons (Fsp3) is 0.667. The molecule has 0 saturated carbocycles. The zero-order chi connectivity index (χ0) is 14.9. The van der Waals surface area contributed by atoms with Crippen LogP contribution < -0.4 is 0 Å². The average molecular weight is 360 g/mol. The van der Waals surface area contributed by atoms with E-state index in [-0.39, 0.29) is 5.92 Å². The van der Waals surface area contributed by atoms with Crippen LogP contribution in [0.2, 0.25) is 0 Å². The molecule has 2 heterocycles. The third kappa shape index (κ3) is 3.26. The van der Waals surface area contributed by atoms with Gasteiger partial charge in [-0.2, -0.15) is 0 Å². The highest BCUT2D eigenvalue weighted by molar-refractivity contribution is 9.11. The number of hydrogen-bond acceptors (Lipinski definition) is 3. The number of nitrogens with zero attached hydrogens (tertiary/aromatic N) is 1. The summed E-state index contributed by atoms with van der Waals surface area (Å²) in [5.74, 6) is -0.463. The maximum Gasteiger partial charge on any atom is 0.309 e. The van der Waals surface area contributed by atoms with Crippen molar-refractivity contribution in [2.45, 2.75) is 39.7 Å². The van der Waals surface area contributed by atoms with E-state index in [0.29, 0.717) is 6.04 Å². The number of piperidine rings is 1. The van der Waals surface area contributed by atoms with Crippen LogP contribution in [-0.2, 0) is 4.79 Å². The lowest BCUT2D eigenvalue weighted by Gasteiger charge is -2.41.